The Balaban J connectivity index is -0.000000845. The Labute approximate surface area is 139 Å². The average Bonchev–Trinajstić information content (AvgIpc) is 2.10. The van der Waals surface area contributed by atoms with Crippen LogP contribution in [0.2, 0.25) is 0 Å². The van der Waals surface area contributed by atoms with Crippen LogP contribution in [0.1, 0.15) is 13.3 Å². The van der Waals surface area contributed by atoms with Crippen molar-refractivity contribution in [3.05, 3.63) is 0 Å². The molecule has 82 valence electrons. The molecule has 0 aromatic heterocycles. The Hall–Kier alpha value is 0.860. The van der Waals surface area contributed by atoms with Gasteiger partial charge >= 0.3 is 59.1 Å². The van der Waals surface area contributed by atoms with Gasteiger partial charge in [0.25, 0.3) is 0 Å². The third-order valence-electron chi connectivity index (χ3n) is 1.85. The maximum Gasteiger partial charge on any atom is 1.00 e. The van der Waals surface area contributed by atoms with Crippen LogP contribution in [0.15, 0.2) is 0 Å². The smallest absolute Gasteiger partial charge is 0.549 e. The molecular formula is C8H13NNa2O5. The first kappa shape index (κ1) is 22.1. The van der Waals surface area contributed by atoms with Gasteiger partial charge < -0.3 is 24.9 Å². The molecule has 6 nitrogen and oxygen atoms in total. The van der Waals surface area contributed by atoms with Gasteiger partial charge in [-0.05, 0) is 13.0 Å². The molecular weight excluding hydrogens is 236 g/mol. The van der Waals surface area contributed by atoms with Crippen LogP contribution < -0.4 is 69.3 Å². The van der Waals surface area contributed by atoms with Crippen molar-refractivity contribution in [2.24, 2.45) is 0 Å². The van der Waals surface area contributed by atoms with E-state index in [2.05, 4.69) is 0 Å². The second-order valence-corrected chi connectivity index (χ2v) is 2.78. The molecule has 0 heterocycles. The van der Waals surface area contributed by atoms with Crippen molar-refractivity contribution in [2.45, 2.75) is 19.4 Å². The Kier molecular flexibility index (Phi) is 17.0. The van der Waals surface area contributed by atoms with Gasteiger partial charge in [-0.2, -0.15) is 0 Å². The topological polar surface area (TPSA) is 104 Å². The molecule has 1 atom stereocenters. The van der Waals surface area contributed by atoms with Gasteiger partial charge in [0, 0.05) is 13.2 Å². The molecule has 0 spiro atoms. The predicted octanol–water partition coefficient (Wildman–Crippen LogP) is -9.43. The molecule has 0 aliphatic heterocycles. The minimum atomic E-state index is -1.39. The third kappa shape index (κ3) is 8.95. The van der Waals surface area contributed by atoms with E-state index >= 15 is 0 Å². The van der Waals surface area contributed by atoms with Gasteiger partial charge in [-0.25, -0.2) is 0 Å². The Morgan fingerprint density at radius 3 is 2.06 bits per heavy atom. The van der Waals surface area contributed by atoms with Gasteiger partial charge in [-0.15, -0.1) is 0 Å². The first-order chi connectivity index (χ1) is 6.52. The summed E-state index contributed by atoms with van der Waals surface area (Å²) in [6.07, 6.45) is -0.0521. The largest absolute Gasteiger partial charge is 1.00 e. The molecule has 1 N–H and O–H groups in total. The molecule has 0 fully saturated rings. The average molecular weight is 249 g/mol. The molecule has 8 heteroatoms. The Morgan fingerprint density at radius 2 is 1.81 bits per heavy atom. The standard InChI is InChI=1S/C8H15NO5.2Na/c1-2-9(5-7(11)12)6(3-4-10)8(13)14;;/h6,10H,2-5H2,1H3,(H,11,12)(H,13,14);;/q;2*+1/p-2. The van der Waals surface area contributed by atoms with Gasteiger partial charge in [0.2, 0.25) is 0 Å². The number of rotatable bonds is 7. The van der Waals surface area contributed by atoms with E-state index in [0.29, 0.717) is 0 Å². The summed E-state index contributed by atoms with van der Waals surface area (Å²) in [7, 11) is 0. The molecule has 0 aliphatic rings. The number of aliphatic hydroxyl groups is 1. The SMILES string of the molecule is CCN(CC(=O)[O-])C(CCO)C(=O)[O-].[Na+].[Na+]. The van der Waals surface area contributed by atoms with Gasteiger partial charge in [-0.1, -0.05) is 6.92 Å². The summed E-state index contributed by atoms with van der Waals surface area (Å²) in [5.74, 6) is -2.74. The number of hydrogen-bond acceptors (Lipinski definition) is 6. The van der Waals surface area contributed by atoms with Gasteiger partial charge in [0.1, 0.15) is 0 Å². The molecule has 0 bridgehead atoms. The van der Waals surface area contributed by atoms with Crippen LogP contribution in [0, 0.1) is 0 Å². The number of carbonyl (C=O) groups excluding carboxylic acids is 2. The molecule has 0 rings (SSSR count). The van der Waals surface area contributed by atoms with Crippen LogP contribution >= 0.6 is 0 Å². The second kappa shape index (κ2) is 12.3. The fourth-order valence-electron chi connectivity index (χ4n) is 1.18. The maximum atomic E-state index is 10.6. The number of aliphatic carboxylic acids is 2. The molecule has 0 aliphatic carbocycles. The zero-order valence-electron chi connectivity index (χ0n) is 9.93. The van der Waals surface area contributed by atoms with Crippen molar-refractivity contribution in [3.8, 4) is 0 Å². The van der Waals surface area contributed by atoms with Crippen LogP contribution in [0.3, 0.4) is 0 Å². The van der Waals surface area contributed by atoms with Crippen LogP contribution in [0.25, 0.3) is 0 Å². The summed E-state index contributed by atoms with van der Waals surface area (Å²) >= 11 is 0. The van der Waals surface area contributed by atoms with E-state index in [0.717, 1.165) is 0 Å². The summed E-state index contributed by atoms with van der Waals surface area (Å²) in [5, 5.41) is 29.4. The maximum absolute atomic E-state index is 10.6. The second-order valence-electron chi connectivity index (χ2n) is 2.78. The summed E-state index contributed by atoms with van der Waals surface area (Å²) in [4.78, 5) is 22.0. The van der Waals surface area contributed by atoms with Gasteiger partial charge in [0.15, 0.2) is 0 Å². The van der Waals surface area contributed by atoms with E-state index < -0.39 is 24.5 Å². The first-order valence-corrected chi connectivity index (χ1v) is 4.28. The van der Waals surface area contributed by atoms with Crippen LogP contribution in [0.4, 0.5) is 0 Å². The number of aliphatic hydroxyl groups excluding tert-OH is 1. The quantitative estimate of drug-likeness (QED) is 0.449. The van der Waals surface area contributed by atoms with Crippen molar-refractivity contribution >= 4 is 11.9 Å². The normalized spacial score (nSPS) is 11.2. The number of hydrogen-bond donors (Lipinski definition) is 1. The van der Waals surface area contributed by atoms with E-state index in [1.54, 1.807) is 6.92 Å². The molecule has 0 saturated carbocycles. The molecule has 0 saturated heterocycles. The van der Waals surface area contributed by atoms with E-state index in [1.165, 1.54) is 4.90 Å². The molecule has 1 unspecified atom stereocenters. The number of carbonyl (C=O) groups is 2. The fourth-order valence-corrected chi connectivity index (χ4v) is 1.18. The predicted molar refractivity (Wildman–Crippen MR) is 42.8 cm³/mol. The van der Waals surface area contributed by atoms with Crippen molar-refractivity contribution in [3.63, 3.8) is 0 Å². The van der Waals surface area contributed by atoms with Crippen molar-refractivity contribution in [1.29, 1.82) is 0 Å². The minimum Gasteiger partial charge on any atom is -0.549 e. The monoisotopic (exact) mass is 249 g/mol. The zero-order chi connectivity index (χ0) is 11.1. The summed E-state index contributed by atoms with van der Waals surface area (Å²) in [6.45, 7) is 1.06. The van der Waals surface area contributed by atoms with Crippen LogP contribution in [0.5, 0.6) is 0 Å². The molecule has 0 radical (unpaired) electrons. The van der Waals surface area contributed by atoms with Crippen LogP contribution in [-0.4, -0.2) is 47.7 Å². The third-order valence-corrected chi connectivity index (χ3v) is 1.85. The van der Waals surface area contributed by atoms with Gasteiger partial charge in [-0.3, -0.25) is 4.90 Å². The summed E-state index contributed by atoms with van der Waals surface area (Å²) in [6, 6.07) is -1.08. The number of likely N-dealkylation sites (N-methyl/N-ethyl adjacent to an activating group) is 1. The molecule has 16 heavy (non-hydrogen) atoms. The Bertz CT molecular complexity index is 215. The number of nitrogens with zero attached hydrogens (tertiary/aromatic N) is 1. The molecule has 0 amide bonds. The first-order valence-electron chi connectivity index (χ1n) is 4.28. The van der Waals surface area contributed by atoms with E-state index in [-0.39, 0.29) is 78.7 Å². The van der Waals surface area contributed by atoms with Crippen molar-refractivity contribution in [2.75, 3.05) is 19.7 Å². The molecule has 0 aromatic rings. The van der Waals surface area contributed by atoms with Crippen molar-refractivity contribution < 1.29 is 84.0 Å². The fraction of sp³-hybridized carbons (Fsp3) is 0.750. The zero-order valence-corrected chi connectivity index (χ0v) is 13.9. The minimum absolute atomic E-state index is 0. The molecule has 0 aromatic carbocycles. The van der Waals surface area contributed by atoms with E-state index in [1.807, 2.05) is 0 Å². The number of carboxylic acid groups (broad SMARTS) is 2. The summed E-state index contributed by atoms with van der Waals surface area (Å²) < 4.78 is 0. The number of carboxylic acids is 2. The van der Waals surface area contributed by atoms with Crippen LogP contribution in [-0.2, 0) is 9.59 Å². The Morgan fingerprint density at radius 1 is 1.31 bits per heavy atom. The van der Waals surface area contributed by atoms with E-state index in [4.69, 9.17) is 5.11 Å². The van der Waals surface area contributed by atoms with Gasteiger partial charge in [0.05, 0.1) is 18.0 Å². The van der Waals surface area contributed by atoms with Crippen molar-refractivity contribution in [1.82, 2.24) is 4.90 Å². The summed E-state index contributed by atoms with van der Waals surface area (Å²) in [5.41, 5.74) is 0. The van der Waals surface area contributed by atoms with E-state index in [9.17, 15) is 19.8 Å².